The first kappa shape index (κ1) is 18.6. The van der Waals surface area contributed by atoms with E-state index in [0.717, 1.165) is 19.4 Å². The Morgan fingerprint density at radius 3 is 2.73 bits per heavy atom. The predicted molar refractivity (Wildman–Crippen MR) is 106 cm³/mol. The zero-order chi connectivity index (χ0) is 18.6. The highest BCUT2D eigenvalue weighted by atomic mass is 32.1. The Morgan fingerprint density at radius 1 is 1.23 bits per heavy atom. The molecule has 3 rings (SSSR count). The van der Waals surface area contributed by atoms with E-state index >= 15 is 0 Å². The highest BCUT2D eigenvalue weighted by Crippen LogP contribution is 2.38. The molecule has 1 aliphatic rings. The maximum absolute atomic E-state index is 12.9. The number of benzene rings is 1. The van der Waals surface area contributed by atoms with Crippen LogP contribution in [0.3, 0.4) is 0 Å². The summed E-state index contributed by atoms with van der Waals surface area (Å²) in [6.45, 7) is 3.13. The molecule has 1 fully saturated rings. The first-order valence-electron chi connectivity index (χ1n) is 9.21. The van der Waals surface area contributed by atoms with Crippen LogP contribution < -0.4 is 5.32 Å². The maximum Gasteiger partial charge on any atom is 0.228 e. The number of rotatable bonds is 5. The number of likely N-dealkylation sites (tertiary alicyclic amines) is 1. The third-order valence-electron chi connectivity index (χ3n) is 5.27. The van der Waals surface area contributed by atoms with Crippen LogP contribution in [-0.4, -0.2) is 36.9 Å². The molecular formula is C21H26N2O2S. The standard InChI is InChI=1S/C21H26N2O2S/c1-3-19(24)23-12-7-11-21(15-23,20(25)22-2)14-16-8-4-5-9-17(16)18-10-6-13-26-18/h4-6,8-10,13H,3,7,11-12,14-15H2,1-2H3,(H,22,25)/t21-/m1/s1. The molecule has 138 valence electrons. The third-order valence-corrected chi connectivity index (χ3v) is 6.18. The second kappa shape index (κ2) is 8.04. The fourth-order valence-electron chi connectivity index (χ4n) is 3.95. The molecule has 1 aliphatic heterocycles. The molecule has 1 aromatic carbocycles. The van der Waals surface area contributed by atoms with Crippen molar-refractivity contribution in [3.63, 3.8) is 0 Å². The lowest BCUT2D eigenvalue weighted by molar-refractivity contribution is -0.141. The van der Waals surface area contributed by atoms with Crippen LogP contribution in [0.5, 0.6) is 0 Å². The highest BCUT2D eigenvalue weighted by molar-refractivity contribution is 7.13. The zero-order valence-corrected chi connectivity index (χ0v) is 16.3. The number of nitrogens with zero attached hydrogens (tertiary/aromatic N) is 1. The van der Waals surface area contributed by atoms with Crippen molar-refractivity contribution in [3.8, 4) is 10.4 Å². The summed E-state index contributed by atoms with van der Waals surface area (Å²) >= 11 is 1.71. The first-order valence-corrected chi connectivity index (χ1v) is 10.1. The molecule has 2 amide bonds. The van der Waals surface area contributed by atoms with Crippen LogP contribution >= 0.6 is 11.3 Å². The second-order valence-corrected chi connectivity index (χ2v) is 7.89. The van der Waals surface area contributed by atoms with Crippen LogP contribution in [0.25, 0.3) is 10.4 Å². The SMILES string of the molecule is CCC(=O)N1CCC[C@](Cc2ccccc2-c2cccs2)(C(=O)NC)C1. The van der Waals surface area contributed by atoms with Crippen LogP contribution in [0.15, 0.2) is 41.8 Å². The molecule has 0 aliphatic carbocycles. The summed E-state index contributed by atoms with van der Waals surface area (Å²) in [5.74, 6) is 0.164. The Morgan fingerprint density at radius 2 is 2.04 bits per heavy atom. The van der Waals surface area contributed by atoms with E-state index in [1.165, 1.54) is 16.0 Å². The second-order valence-electron chi connectivity index (χ2n) is 6.94. The van der Waals surface area contributed by atoms with E-state index in [1.54, 1.807) is 18.4 Å². The van der Waals surface area contributed by atoms with Gasteiger partial charge in [-0.3, -0.25) is 9.59 Å². The van der Waals surface area contributed by atoms with Gasteiger partial charge in [-0.25, -0.2) is 0 Å². The van der Waals surface area contributed by atoms with Crippen LogP contribution in [0.4, 0.5) is 0 Å². The Kier molecular flexibility index (Phi) is 5.77. The Hall–Kier alpha value is -2.14. The third kappa shape index (κ3) is 3.68. The number of piperidine rings is 1. The Balaban J connectivity index is 1.96. The minimum atomic E-state index is -0.564. The molecule has 0 saturated carbocycles. The summed E-state index contributed by atoms with van der Waals surface area (Å²) in [6.07, 6.45) is 2.79. The van der Waals surface area contributed by atoms with E-state index in [9.17, 15) is 9.59 Å². The quantitative estimate of drug-likeness (QED) is 0.872. The molecule has 4 nitrogen and oxygen atoms in total. The van der Waals surface area contributed by atoms with Gasteiger partial charge in [-0.1, -0.05) is 37.3 Å². The molecule has 5 heteroatoms. The molecule has 1 saturated heterocycles. The van der Waals surface area contributed by atoms with Gasteiger partial charge >= 0.3 is 0 Å². The van der Waals surface area contributed by atoms with Crippen molar-refractivity contribution >= 4 is 23.2 Å². The van der Waals surface area contributed by atoms with Gasteiger partial charge in [-0.15, -0.1) is 11.3 Å². The van der Waals surface area contributed by atoms with Gasteiger partial charge in [0.05, 0.1) is 5.41 Å². The van der Waals surface area contributed by atoms with Gasteiger partial charge < -0.3 is 10.2 Å². The lowest BCUT2D eigenvalue weighted by atomic mass is 9.73. The van der Waals surface area contributed by atoms with Gasteiger partial charge in [0, 0.05) is 31.4 Å². The molecule has 2 aromatic rings. The van der Waals surface area contributed by atoms with Crippen molar-refractivity contribution in [1.82, 2.24) is 10.2 Å². The first-order chi connectivity index (χ1) is 12.6. The topological polar surface area (TPSA) is 49.4 Å². The van der Waals surface area contributed by atoms with Gasteiger partial charge in [0.1, 0.15) is 0 Å². The summed E-state index contributed by atoms with van der Waals surface area (Å²) in [5.41, 5.74) is 1.79. The van der Waals surface area contributed by atoms with Crippen molar-refractivity contribution in [3.05, 3.63) is 47.3 Å². The van der Waals surface area contributed by atoms with Crippen molar-refractivity contribution in [1.29, 1.82) is 0 Å². The molecule has 2 heterocycles. The molecule has 0 radical (unpaired) electrons. The monoisotopic (exact) mass is 370 g/mol. The number of nitrogens with one attached hydrogen (secondary N) is 1. The van der Waals surface area contributed by atoms with Gasteiger partial charge in [0.25, 0.3) is 0 Å². The van der Waals surface area contributed by atoms with E-state index in [0.29, 0.717) is 19.4 Å². The number of carbonyl (C=O) groups excluding carboxylic acids is 2. The molecule has 1 aromatic heterocycles. The molecule has 0 unspecified atom stereocenters. The van der Waals surface area contributed by atoms with E-state index in [1.807, 2.05) is 30.0 Å². The van der Waals surface area contributed by atoms with E-state index < -0.39 is 5.41 Å². The Labute approximate surface area is 159 Å². The lowest BCUT2D eigenvalue weighted by Crippen LogP contribution is -2.53. The summed E-state index contributed by atoms with van der Waals surface area (Å²) in [5, 5.41) is 4.93. The van der Waals surface area contributed by atoms with Crippen LogP contribution in [0, 0.1) is 5.41 Å². The largest absolute Gasteiger partial charge is 0.359 e. The van der Waals surface area contributed by atoms with Crippen molar-refractivity contribution in [2.45, 2.75) is 32.6 Å². The van der Waals surface area contributed by atoms with E-state index in [-0.39, 0.29) is 11.8 Å². The number of amides is 2. The van der Waals surface area contributed by atoms with Gasteiger partial charge in [-0.05, 0) is 41.8 Å². The Bertz CT molecular complexity index is 772. The molecule has 0 spiro atoms. The minimum absolute atomic E-state index is 0.0343. The van der Waals surface area contributed by atoms with Crippen LogP contribution in [-0.2, 0) is 16.0 Å². The normalized spacial score (nSPS) is 20.0. The van der Waals surface area contributed by atoms with Crippen molar-refractivity contribution < 1.29 is 9.59 Å². The van der Waals surface area contributed by atoms with Crippen LogP contribution in [0.2, 0.25) is 0 Å². The number of carbonyl (C=O) groups is 2. The van der Waals surface area contributed by atoms with E-state index in [2.05, 4.69) is 28.9 Å². The fourth-order valence-corrected chi connectivity index (χ4v) is 4.74. The number of hydrogen-bond acceptors (Lipinski definition) is 3. The number of hydrogen-bond donors (Lipinski definition) is 1. The van der Waals surface area contributed by atoms with Gasteiger partial charge in [-0.2, -0.15) is 0 Å². The predicted octanol–water partition coefficient (Wildman–Crippen LogP) is 3.72. The zero-order valence-electron chi connectivity index (χ0n) is 15.5. The lowest BCUT2D eigenvalue weighted by Gasteiger charge is -2.42. The van der Waals surface area contributed by atoms with Crippen molar-refractivity contribution in [2.24, 2.45) is 5.41 Å². The van der Waals surface area contributed by atoms with Crippen LogP contribution in [0.1, 0.15) is 31.7 Å². The number of thiophene rings is 1. The highest BCUT2D eigenvalue weighted by Gasteiger charge is 2.43. The summed E-state index contributed by atoms with van der Waals surface area (Å²) < 4.78 is 0. The molecule has 1 N–H and O–H groups in total. The molecule has 26 heavy (non-hydrogen) atoms. The van der Waals surface area contributed by atoms with Gasteiger partial charge in [0.2, 0.25) is 11.8 Å². The summed E-state index contributed by atoms with van der Waals surface area (Å²) in [4.78, 5) is 28.2. The summed E-state index contributed by atoms with van der Waals surface area (Å²) in [6, 6.07) is 12.5. The molecular weight excluding hydrogens is 344 g/mol. The molecule has 0 bridgehead atoms. The molecule has 1 atom stereocenters. The summed E-state index contributed by atoms with van der Waals surface area (Å²) in [7, 11) is 1.69. The van der Waals surface area contributed by atoms with Crippen molar-refractivity contribution in [2.75, 3.05) is 20.1 Å². The van der Waals surface area contributed by atoms with Gasteiger partial charge in [0.15, 0.2) is 0 Å². The fraction of sp³-hybridized carbons (Fsp3) is 0.429. The average molecular weight is 371 g/mol. The smallest absolute Gasteiger partial charge is 0.228 e. The maximum atomic E-state index is 12.9. The average Bonchev–Trinajstić information content (AvgIpc) is 3.21. The van der Waals surface area contributed by atoms with E-state index in [4.69, 9.17) is 0 Å². The minimum Gasteiger partial charge on any atom is -0.359 e.